The van der Waals surface area contributed by atoms with Gasteiger partial charge in [0.2, 0.25) is 0 Å². The van der Waals surface area contributed by atoms with Crippen LogP contribution in [0.15, 0.2) is 96.7 Å². The van der Waals surface area contributed by atoms with Crippen molar-refractivity contribution in [2.45, 2.75) is 26.7 Å². The van der Waals surface area contributed by atoms with E-state index >= 15 is 0 Å². The quantitative estimate of drug-likeness (QED) is 0.151. The fourth-order valence-electron chi connectivity index (χ4n) is 3.21. The summed E-state index contributed by atoms with van der Waals surface area (Å²) >= 11 is 0. The predicted molar refractivity (Wildman–Crippen MR) is 143 cm³/mol. The van der Waals surface area contributed by atoms with Crippen LogP contribution in [0.1, 0.15) is 53.0 Å². The number of anilines is 1. The summed E-state index contributed by atoms with van der Waals surface area (Å²) in [7, 11) is 0. The Bertz CT molecular complexity index is 1230. The first kappa shape index (κ1) is 26.2. The summed E-state index contributed by atoms with van der Waals surface area (Å²) in [6.45, 7) is 4.19. The molecule has 0 atom stereocenters. The van der Waals surface area contributed by atoms with Gasteiger partial charge in [0.25, 0.3) is 11.8 Å². The highest BCUT2D eigenvalue weighted by Gasteiger charge is 2.15. The van der Waals surface area contributed by atoms with E-state index in [0.29, 0.717) is 29.2 Å². The maximum absolute atomic E-state index is 13.0. The molecule has 184 valence electrons. The average molecular weight is 483 g/mol. The first-order valence-corrected chi connectivity index (χ1v) is 11.9. The van der Waals surface area contributed by atoms with E-state index in [2.05, 4.69) is 17.6 Å². The van der Waals surface area contributed by atoms with Crippen molar-refractivity contribution in [3.8, 4) is 5.75 Å². The van der Waals surface area contributed by atoms with Crippen molar-refractivity contribution in [3.05, 3.63) is 113 Å². The van der Waals surface area contributed by atoms with Crippen LogP contribution in [0, 0.1) is 0 Å². The lowest BCUT2D eigenvalue weighted by Gasteiger charge is -2.11. The highest BCUT2D eigenvalue weighted by molar-refractivity contribution is 6.08. The Labute approximate surface area is 211 Å². The maximum Gasteiger partial charge on any atom is 0.272 e. The average Bonchev–Trinajstić information content (AvgIpc) is 2.89. The highest BCUT2D eigenvalue weighted by Crippen LogP contribution is 2.14. The van der Waals surface area contributed by atoms with Crippen LogP contribution in [-0.4, -0.2) is 24.2 Å². The molecule has 0 radical (unpaired) electrons. The summed E-state index contributed by atoms with van der Waals surface area (Å²) in [6.07, 6.45) is 7.08. The highest BCUT2D eigenvalue weighted by atomic mass is 16.5. The number of nitrogens with one attached hydrogen (secondary N) is 2. The van der Waals surface area contributed by atoms with E-state index in [0.717, 1.165) is 18.4 Å². The molecule has 0 aromatic heterocycles. The minimum atomic E-state index is -0.490. The molecular formula is C30H30N2O4. The fourth-order valence-corrected chi connectivity index (χ4v) is 3.21. The molecule has 0 aliphatic heterocycles. The van der Waals surface area contributed by atoms with Crippen LogP contribution >= 0.6 is 0 Å². The molecule has 2 N–H and O–H groups in total. The zero-order chi connectivity index (χ0) is 25.8. The monoisotopic (exact) mass is 482 g/mol. The molecular weight excluding hydrogens is 452 g/mol. The van der Waals surface area contributed by atoms with E-state index in [9.17, 15) is 14.4 Å². The SMILES string of the molecule is CCCCOc1ccc(C(=O)N/C(=C\C=C\c2ccccc2)C(=O)Nc2ccc(C(C)=O)cc2)cc1. The van der Waals surface area contributed by atoms with E-state index in [1.54, 1.807) is 60.7 Å². The topological polar surface area (TPSA) is 84.5 Å². The summed E-state index contributed by atoms with van der Waals surface area (Å²) in [6, 6.07) is 23.0. The van der Waals surface area contributed by atoms with Crippen LogP contribution in [0.2, 0.25) is 0 Å². The molecule has 0 unspecified atom stereocenters. The smallest absolute Gasteiger partial charge is 0.272 e. The number of ketones is 1. The Morgan fingerprint density at radius 1 is 0.861 bits per heavy atom. The largest absolute Gasteiger partial charge is 0.494 e. The zero-order valence-electron chi connectivity index (χ0n) is 20.5. The van der Waals surface area contributed by atoms with Gasteiger partial charge in [-0.25, -0.2) is 0 Å². The number of allylic oxidation sites excluding steroid dienone is 2. The number of rotatable bonds is 11. The number of benzene rings is 3. The van der Waals surface area contributed by atoms with Gasteiger partial charge in [0.15, 0.2) is 5.78 Å². The molecule has 0 saturated heterocycles. The molecule has 3 aromatic carbocycles. The summed E-state index contributed by atoms with van der Waals surface area (Å²) < 4.78 is 5.65. The Morgan fingerprint density at radius 2 is 1.53 bits per heavy atom. The first-order valence-electron chi connectivity index (χ1n) is 11.9. The van der Waals surface area contributed by atoms with Crippen LogP contribution in [-0.2, 0) is 4.79 Å². The number of unbranched alkanes of at least 4 members (excludes halogenated alkanes) is 1. The minimum absolute atomic E-state index is 0.0615. The molecule has 36 heavy (non-hydrogen) atoms. The van der Waals surface area contributed by atoms with E-state index in [1.807, 2.05) is 36.4 Å². The molecule has 3 aromatic rings. The van der Waals surface area contributed by atoms with Crippen molar-refractivity contribution in [1.29, 1.82) is 0 Å². The Kier molecular flexibility index (Phi) is 9.77. The molecule has 0 spiro atoms. The van der Waals surface area contributed by atoms with Gasteiger partial charge in [0, 0.05) is 16.8 Å². The predicted octanol–water partition coefficient (Wildman–Crippen LogP) is 6.03. The first-order chi connectivity index (χ1) is 17.5. The molecule has 0 aliphatic carbocycles. The fraction of sp³-hybridized carbons (Fsp3) is 0.167. The van der Waals surface area contributed by atoms with Gasteiger partial charge in [-0.2, -0.15) is 0 Å². The number of amides is 2. The molecule has 2 amide bonds. The van der Waals surface area contributed by atoms with Gasteiger partial charge >= 0.3 is 0 Å². The van der Waals surface area contributed by atoms with Gasteiger partial charge < -0.3 is 15.4 Å². The Morgan fingerprint density at radius 3 is 2.17 bits per heavy atom. The Hall–Kier alpha value is -4.45. The van der Waals surface area contributed by atoms with Crippen molar-refractivity contribution in [1.82, 2.24) is 5.32 Å². The van der Waals surface area contributed by atoms with Crippen LogP contribution in [0.4, 0.5) is 5.69 Å². The van der Waals surface area contributed by atoms with Gasteiger partial charge in [0.05, 0.1) is 6.61 Å². The molecule has 6 nitrogen and oxygen atoms in total. The summed E-state index contributed by atoms with van der Waals surface area (Å²) in [5.74, 6) is -0.283. The van der Waals surface area contributed by atoms with Gasteiger partial charge in [-0.3, -0.25) is 14.4 Å². The third-order valence-corrected chi connectivity index (χ3v) is 5.28. The molecule has 6 heteroatoms. The minimum Gasteiger partial charge on any atom is -0.494 e. The molecule has 0 aliphatic rings. The lowest BCUT2D eigenvalue weighted by Crippen LogP contribution is -2.30. The molecule has 3 rings (SSSR count). The van der Waals surface area contributed by atoms with Crippen LogP contribution in [0.5, 0.6) is 5.75 Å². The third-order valence-electron chi connectivity index (χ3n) is 5.28. The third kappa shape index (κ3) is 8.09. The number of Topliss-reactive ketones (excluding diaryl/α,β-unsaturated/α-hetero) is 1. The second-order valence-corrected chi connectivity index (χ2v) is 8.12. The van der Waals surface area contributed by atoms with Gasteiger partial charge in [-0.15, -0.1) is 0 Å². The standard InChI is InChI=1S/C30H30N2O4/c1-3-4-21-36-27-19-15-25(16-20-27)29(34)32-28(12-8-11-23-9-6-5-7-10-23)30(35)31-26-17-13-24(14-18-26)22(2)33/h5-20H,3-4,21H2,1-2H3,(H,31,35)(H,32,34)/b11-8+,28-12-. The van der Waals surface area contributed by atoms with Crippen molar-refractivity contribution in [3.63, 3.8) is 0 Å². The second kappa shape index (κ2) is 13.4. The van der Waals surface area contributed by atoms with Crippen molar-refractivity contribution in [2.24, 2.45) is 0 Å². The van der Waals surface area contributed by atoms with E-state index in [4.69, 9.17) is 4.74 Å². The van der Waals surface area contributed by atoms with Crippen LogP contribution in [0.25, 0.3) is 6.08 Å². The summed E-state index contributed by atoms with van der Waals surface area (Å²) in [4.78, 5) is 37.4. The molecule has 0 bridgehead atoms. The number of ether oxygens (including phenoxy) is 1. The summed E-state index contributed by atoms with van der Waals surface area (Å²) in [5.41, 5.74) is 2.48. The number of carbonyl (C=O) groups excluding carboxylic acids is 3. The van der Waals surface area contributed by atoms with Gasteiger partial charge in [-0.05, 0) is 73.5 Å². The van der Waals surface area contributed by atoms with Crippen molar-refractivity contribution in [2.75, 3.05) is 11.9 Å². The lowest BCUT2D eigenvalue weighted by atomic mass is 10.1. The molecule has 0 heterocycles. The van der Waals surface area contributed by atoms with Crippen LogP contribution < -0.4 is 15.4 Å². The molecule has 0 fully saturated rings. The maximum atomic E-state index is 13.0. The van der Waals surface area contributed by atoms with E-state index < -0.39 is 11.8 Å². The van der Waals surface area contributed by atoms with Gasteiger partial charge in [0.1, 0.15) is 11.4 Å². The number of hydrogen-bond acceptors (Lipinski definition) is 4. The summed E-state index contributed by atoms with van der Waals surface area (Å²) in [5, 5.41) is 5.47. The van der Waals surface area contributed by atoms with E-state index in [-0.39, 0.29) is 11.5 Å². The van der Waals surface area contributed by atoms with E-state index in [1.165, 1.54) is 6.92 Å². The normalized spacial score (nSPS) is 11.2. The second-order valence-electron chi connectivity index (χ2n) is 8.12. The zero-order valence-corrected chi connectivity index (χ0v) is 20.5. The van der Waals surface area contributed by atoms with Crippen molar-refractivity contribution < 1.29 is 19.1 Å². The Balaban J connectivity index is 1.75. The van der Waals surface area contributed by atoms with Gasteiger partial charge in [-0.1, -0.05) is 55.8 Å². The number of carbonyl (C=O) groups is 3. The van der Waals surface area contributed by atoms with Crippen LogP contribution in [0.3, 0.4) is 0 Å². The lowest BCUT2D eigenvalue weighted by molar-refractivity contribution is -0.113. The number of hydrogen-bond donors (Lipinski definition) is 2. The molecule has 0 saturated carbocycles. The van der Waals surface area contributed by atoms with Crippen molar-refractivity contribution >= 4 is 29.4 Å².